The Kier molecular flexibility index (Phi) is 4.11. The summed E-state index contributed by atoms with van der Waals surface area (Å²) in [5.41, 5.74) is -0.0812. The maximum Gasteiger partial charge on any atom is 0.320 e. The molecule has 0 unspecified atom stereocenters. The number of carbonyl (C=O) groups excluding carboxylic acids is 1. The number of aromatic nitrogens is 2. The molecular formula is C14H18N4O3. The van der Waals surface area contributed by atoms with Crippen LogP contribution in [-0.4, -0.2) is 23.3 Å². The normalized spacial score (nSPS) is 11.0. The fraction of sp³-hybridized carbons (Fsp3) is 0.357. The summed E-state index contributed by atoms with van der Waals surface area (Å²) in [7, 11) is 1.59. The van der Waals surface area contributed by atoms with Gasteiger partial charge in [-0.05, 0) is 38.1 Å². The lowest BCUT2D eigenvalue weighted by Crippen LogP contribution is -2.44. The van der Waals surface area contributed by atoms with Crippen LogP contribution in [-0.2, 0) is 5.54 Å². The van der Waals surface area contributed by atoms with Gasteiger partial charge in [-0.15, -0.1) is 0 Å². The number of carbonyl (C=O) groups is 1. The van der Waals surface area contributed by atoms with Gasteiger partial charge >= 0.3 is 6.03 Å². The van der Waals surface area contributed by atoms with E-state index in [4.69, 9.17) is 9.26 Å². The third-order valence-corrected chi connectivity index (χ3v) is 2.86. The predicted molar refractivity (Wildman–Crippen MR) is 77.2 cm³/mol. The van der Waals surface area contributed by atoms with Crippen molar-refractivity contribution in [3.63, 3.8) is 0 Å². The first-order valence-corrected chi connectivity index (χ1v) is 6.45. The number of anilines is 1. The first-order valence-electron chi connectivity index (χ1n) is 6.45. The van der Waals surface area contributed by atoms with Gasteiger partial charge < -0.3 is 19.9 Å². The lowest BCUT2D eigenvalue weighted by atomic mass is 10.1. The molecule has 0 aliphatic carbocycles. The molecular weight excluding hydrogens is 272 g/mol. The summed E-state index contributed by atoms with van der Waals surface area (Å²) in [6.07, 6.45) is 0. The van der Waals surface area contributed by atoms with Gasteiger partial charge in [0.1, 0.15) is 5.75 Å². The molecule has 0 aliphatic heterocycles. The van der Waals surface area contributed by atoms with Crippen molar-refractivity contribution >= 4 is 11.7 Å². The first-order chi connectivity index (χ1) is 9.90. The molecule has 0 spiro atoms. The van der Waals surface area contributed by atoms with E-state index >= 15 is 0 Å². The van der Waals surface area contributed by atoms with Gasteiger partial charge in [0.05, 0.1) is 12.6 Å². The van der Waals surface area contributed by atoms with Crippen molar-refractivity contribution in [3.05, 3.63) is 36.0 Å². The highest BCUT2D eigenvalue weighted by atomic mass is 16.5. The van der Waals surface area contributed by atoms with E-state index in [0.29, 0.717) is 17.4 Å². The molecule has 0 radical (unpaired) electrons. The van der Waals surface area contributed by atoms with E-state index in [9.17, 15) is 4.79 Å². The minimum Gasteiger partial charge on any atom is -0.497 e. The zero-order chi connectivity index (χ0) is 15.5. The van der Waals surface area contributed by atoms with Gasteiger partial charge in [-0.25, -0.2) is 4.79 Å². The number of nitrogens with zero attached hydrogens (tertiary/aromatic N) is 2. The quantitative estimate of drug-likeness (QED) is 0.902. The molecule has 0 saturated carbocycles. The maximum absolute atomic E-state index is 12.0. The van der Waals surface area contributed by atoms with Crippen molar-refractivity contribution in [2.24, 2.45) is 0 Å². The number of amides is 2. The molecule has 0 aliphatic rings. The zero-order valence-electron chi connectivity index (χ0n) is 12.4. The van der Waals surface area contributed by atoms with Crippen molar-refractivity contribution in [1.29, 1.82) is 0 Å². The van der Waals surface area contributed by atoms with E-state index in [1.54, 1.807) is 52.1 Å². The summed E-state index contributed by atoms with van der Waals surface area (Å²) in [5.74, 6) is 1.60. The molecule has 0 saturated heterocycles. The number of benzene rings is 1. The summed E-state index contributed by atoms with van der Waals surface area (Å²) in [4.78, 5) is 16.2. The molecule has 1 aromatic heterocycles. The number of methoxy groups -OCH3 is 1. The molecule has 21 heavy (non-hydrogen) atoms. The summed E-state index contributed by atoms with van der Waals surface area (Å²) in [6, 6.07) is 6.69. The summed E-state index contributed by atoms with van der Waals surface area (Å²) >= 11 is 0. The van der Waals surface area contributed by atoms with Gasteiger partial charge in [0, 0.05) is 12.6 Å². The standard InChI is InChI=1S/C14H18N4O3/c1-9-15-12(18-21-9)14(2,3)17-13(19)16-10-5-7-11(20-4)8-6-10/h5-8H,1-4H3,(H2,16,17,19). The Labute approximate surface area is 122 Å². The number of aryl methyl sites for hydroxylation is 1. The Hall–Kier alpha value is -2.57. The van der Waals surface area contributed by atoms with E-state index < -0.39 is 5.54 Å². The molecule has 1 aromatic carbocycles. The molecule has 2 aromatic rings. The molecule has 0 bridgehead atoms. The minimum absolute atomic E-state index is 0.354. The van der Waals surface area contributed by atoms with Gasteiger partial charge in [0.15, 0.2) is 5.82 Å². The molecule has 2 N–H and O–H groups in total. The number of urea groups is 1. The second-order valence-electron chi connectivity index (χ2n) is 5.07. The molecule has 7 nitrogen and oxygen atoms in total. The smallest absolute Gasteiger partial charge is 0.320 e. The SMILES string of the molecule is COc1ccc(NC(=O)NC(C)(C)c2noc(C)n2)cc1. The summed E-state index contributed by atoms with van der Waals surface area (Å²) < 4.78 is 9.99. The summed E-state index contributed by atoms with van der Waals surface area (Å²) in [6.45, 7) is 5.29. The lowest BCUT2D eigenvalue weighted by molar-refractivity contribution is 0.239. The van der Waals surface area contributed by atoms with Gasteiger partial charge in [-0.3, -0.25) is 0 Å². The third-order valence-electron chi connectivity index (χ3n) is 2.86. The van der Waals surface area contributed by atoms with E-state index in [1.807, 2.05) is 0 Å². The Balaban J connectivity index is 2.00. The van der Waals surface area contributed by atoms with Crippen LogP contribution in [0, 0.1) is 6.92 Å². The lowest BCUT2D eigenvalue weighted by Gasteiger charge is -2.22. The van der Waals surface area contributed by atoms with Crippen LogP contribution in [0.3, 0.4) is 0 Å². The van der Waals surface area contributed by atoms with Crippen LogP contribution in [0.5, 0.6) is 5.75 Å². The highest BCUT2D eigenvalue weighted by Gasteiger charge is 2.28. The monoisotopic (exact) mass is 290 g/mol. The molecule has 1 heterocycles. The van der Waals surface area contributed by atoms with Crippen molar-refractivity contribution in [1.82, 2.24) is 15.5 Å². The van der Waals surface area contributed by atoms with Crippen LogP contribution in [0.2, 0.25) is 0 Å². The van der Waals surface area contributed by atoms with E-state index in [-0.39, 0.29) is 6.03 Å². The van der Waals surface area contributed by atoms with Crippen molar-refractivity contribution < 1.29 is 14.1 Å². The van der Waals surface area contributed by atoms with Crippen LogP contribution < -0.4 is 15.4 Å². The maximum atomic E-state index is 12.0. The molecule has 112 valence electrons. The van der Waals surface area contributed by atoms with E-state index in [1.165, 1.54) is 0 Å². The number of rotatable bonds is 4. The van der Waals surface area contributed by atoms with Crippen LogP contribution in [0.4, 0.5) is 10.5 Å². The van der Waals surface area contributed by atoms with Crippen LogP contribution >= 0.6 is 0 Å². The zero-order valence-corrected chi connectivity index (χ0v) is 12.4. The number of ether oxygens (including phenoxy) is 1. The number of nitrogens with one attached hydrogen (secondary N) is 2. The fourth-order valence-corrected chi connectivity index (χ4v) is 1.73. The average Bonchev–Trinajstić information content (AvgIpc) is 2.86. The van der Waals surface area contributed by atoms with Gasteiger partial charge in [0.25, 0.3) is 0 Å². The molecule has 2 rings (SSSR count). The predicted octanol–water partition coefficient (Wildman–Crippen LogP) is 2.44. The van der Waals surface area contributed by atoms with Crippen molar-refractivity contribution in [2.45, 2.75) is 26.3 Å². The Morgan fingerprint density at radius 2 is 1.95 bits per heavy atom. The van der Waals surface area contributed by atoms with Gasteiger partial charge in [-0.2, -0.15) is 4.98 Å². The topological polar surface area (TPSA) is 89.3 Å². The van der Waals surface area contributed by atoms with Crippen molar-refractivity contribution in [3.8, 4) is 5.75 Å². The van der Waals surface area contributed by atoms with Crippen LogP contribution in [0.1, 0.15) is 25.6 Å². The third kappa shape index (κ3) is 3.71. The highest BCUT2D eigenvalue weighted by Crippen LogP contribution is 2.18. The Morgan fingerprint density at radius 1 is 1.29 bits per heavy atom. The number of hydrogen-bond acceptors (Lipinski definition) is 5. The van der Waals surface area contributed by atoms with Crippen molar-refractivity contribution in [2.75, 3.05) is 12.4 Å². The van der Waals surface area contributed by atoms with E-state index in [0.717, 1.165) is 5.75 Å². The number of hydrogen-bond donors (Lipinski definition) is 2. The fourth-order valence-electron chi connectivity index (χ4n) is 1.73. The average molecular weight is 290 g/mol. The molecule has 0 fully saturated rings. The van der Waals surface area contributed by atoms with Gasteiger partial charge in [0.2, 0.25) is 5.89 Å². The second-order valence-corrected chi connectivity index (χ2v) is 5.07. The highest BCUT2D eigenvalue weighted by molar-refractivity contribution is 5.89. The van der Waals surface area contributed by atoms with Crippen LogP contribution in [0.15, 0.2) is 28.8 Å². The molecule has 0 atom stereocenters. The Bertz CT molecular complexity index is 619. The van der Waals surface area contributed by atoms with E-state index in [2.05, 4.69) is 20.8 Å². The Morgan fingerprint density at radius 3 is 2.48 bits per heavy atom. The first kappa shape index (κ1) is 14.8. The van der Waals surface area contributed by atoms with Crippen LogP contribution in [0.25, 0.3) is 0 Å². The largest absolute Gasteiger partial charge is 0.497 e. The minimum atomic E-state index is -0.742. The summed E-state index contributed by atoms with van der Waals surface area (Å²) in [5, 5.41) is 9.36. The second kappa shape index (κ2) is 5.82. The molecule has 2 amide bonds. The van der Waals surface area contributed by atoms with Gasteiger partial charge in [-0.1, -0.05) is 5.16 Å². The molecule has 7 heteroatoms.